The molecule has 0 fully saturated rings. The second kappa shape index (κ2) is 10.3. The molecular weight excluding hydrogens is 220 g/mol. The molecule has 1 rings (SSSR count). The maximum Gasteiger partial charge on any atom is 0.0893 e. The average molecular weight is 252 g/mol. The van der Waals surface area contributed by atoms with E-state index in [-0.39, 0.29) is 0 Å². The Bertz CT molecular complexity index is 213. The quantitative estimate of drug-likeness (QED) is 0.496. The molecule has 0 bridgehead atoms. The van der Waals surface area contributed by atoms with E-state index in [0.29, 0.717) is 0 Å². The summed E-state index contributed by atoms with van der Waals surface area (Å²) in [7, 11) is 0. The van der Waals surface area contributed by atoms with Crippen molar-refractivity contribution in [2.75, 3.05) is 19.8 Å². The van der Waals surface area contributed by atoms with Gasteiger partial charge in [0, 0.05) is 25.5 Å². The zero-order valence-electron chi connectivity index (χ0n) is 12.5. The molecule has 0 aliphatic carbocycles. The molecule has 0 aromatic heterocycles. The van der Waals surface area contributed by atoms with Gasteiger partial charge in [0.25, 0.3) is 0 Å². The molecule has 0 aromatic carbocycles. The molecule has 1 aliphatic heterocycles. The Morgan fingerprint density at radius 2 is 1.22 bits per heavy atom. The molecule has 0 saturated heterocycles. The maximum absolute atomic E-state index is 2.45. The molecule has 0 amide bonds. The zero-order chi connectivity index (χ0) is 13.1. The third kappa shape index (κ3) is 6.93. The molecule has 0 atom stereocenters. The topological polar surface area (TPSA) is 6.48 Å². The van der Waals surface area contributed by atoms with Crippen LogP contribution in [0, 0.1) is 0 Å². The molecular formula is C16H32N2. The van der Waals surface area contributed by atoms with E-state index in [1.54, 1.807) is 0 Å². The Morgan fingerprint density at radius 3 is 1.83 bits per heavy atom. The van der Waals surface area contributed by atoms with E-state index in [9.17, 15) is 0 Å². The van der Waals surface area contributed by atoms with E-state index >= 15 is 0 Å². The summed E-state index contributed by atoms with van der Waals surface area (Å²) in [6, 6.07) is 0. The molecule has 0 unspecified atom stereocenters. The summed E-state index contributed by atoms with van der Waals surface area (Å²) in [4.78, 5) is 4.86. The highest BCUT2D eigenvalue weighted by Crippen LogP contribution is 2.11. The lowest BCUT2D eigenvalue weighted by Crippen LogP contribution is -2.26. The molecule has 0 spiro atoms. The molecule has 0 N–H and O–H groups in total. The second-order valence-corrected chi connectivity index (χ2v) is 5.54. The normalized spacial score (nSPS) is 14.8. The minimum absolute atomic E-state index is 1.12. The maximum atomic E-state index is 2.45. The van der Waals surface area contributed by atoms with Crippen LogP contribution in [0.15, 0.2) is 12.4 Å². The van der Waals surface area contributed by atoms with E-state index in [4.69, 9.17) is 0 Å². The Labute approximate surface area is 114 Å². The number of unbranched alkanes of at least 4 members (excludes halogenated alkanes) is 7. The average Bonchev–Trinajstić information content (AvgIpc) is 2.81. The van der Waals surface area contributed by atoms with Gasteiger partial charge in [0.1, 0.15) is 0 Å². The van der Waals surface area contributed by atoms with Crippen LogP contribution in [0.4, 0.5) is 0 Å². The fraction of sp³-hybridized carbons (Fsp3) is 0.875. The van der Waals surface area contributed by atoms with Crippen LogP contribution >= 0.6 is 0 Å². The third-order valence-corrected chi connectivity index (χ3v) is 3.66. The smallest absolute Gasteiger partial charge is 0.0893 e. The van der Waals surface area contributed by atoms with Gasteiger partial charge in [0.15, 0.2) is 0 Å². The molecule has 106 valence electrons. The SMILES string of the molecule is CCCCCCCCCCN1C=CN(CCC)C1. The minimum atomic E-state index is 1.12. The first-order valence-corrected chi connectivity index (χ1v) is 8.03. The van der Waals surface area contributed by atoms with Crippen molar-refractivity contribution in [3.05, 3.63) is 12.4 Å². The van der Waals surface area contributed by atoms with E-state index in [1.807, 2.05) is 0 Å². The number of nitrogens with zero attached hydrogens (tertiary/aromatic N) is 2. The first kappa shape index (κ1) is 15.4. The molecule has 18 heavy (non-hydrogen) atoms. The van der Waals surface area contributed by atoms with Crippen molar-refractivity contribution in [2.24, 2.45) is 0 Å². The van der Waals surface area contributed by atoms with Crippen LogP contribution in [0.5, 0.6) is 0 Å². The fourth-order valence-electron chi connectivity index (χ4n) is 2.54. The fourth-order valence-corrected chi connectivity index (χ4v) is 2.54. The molecule has 0 saturated carbocycles. The molecule has 0 radical (unpaired) electrons. The Hall–Kier alpha value is -0.660. The number of hydrogen-bond donors (Lipinski definition) is 0. The van der Waals surface area contributed by atoms with Crippen molar-refractivity contribution in [2.45, 2.75) is 71.6 Å². The molecule has 1 heterocycles. The van der Waals surface area contributed by atoms with E-state index < -0.39 is 0 Å². The van der Waals surface area contributed by atoms with Gasteiger partial charge >= 0.3 is 0 Å². The van der Waals surface area contributed by atoms with Crippen LogP contribution in [0.1, 0.15) is 71.6 Å². The first-order valence-electron chi connectivity index (χ1n) is 8.03. The van der Waals surface area contributed by atoms with Crippen LogP contribution in [-0.2, 0) is 0 Å². The summed E-state index contributed by atoms with van der Waals surface area (Å²) in [5.41, 5.74) is 0. The van der Waals surface area contributed by atoms with Crippen molar-refractivity contribution < 1.29 is 0 Å². The molecule has 2 nitrogen and oxygen atoms in total. The van der Waals surface area contributed by atoms with E-state index in [1.165, 1.54) is 70.9 Å². The lowest BCUT2D eigenvalue weighted by atomic mass is 10.1. The van der Waals surface area contributed by atoms with Gasteiger partial charge in [-0.15, -0.1) is 0 Å². The van der Waals surface area contributed by atoms with Gasteiger partial charge in [-0.2, -0.15) is 0 Å². The van der Waals surface area contributed by atoms with Gasteiger partial charge in [-0.3, -0.25) is 0 Å². The summed E-state index contributed by atoms with van der Waals surface area (Å²) >= 11 is 0. The Morgan fingerprint density at radius 1 is 0.667 bits per heavy atom. The van der Waals surface area contributed by atoms with Crippen LogP contribution in [-0.4, -0.2) is 29.6 Å². The van der Waals surface area contributed by atoms with Crippen LogP contribution < -0.4 is 0 Å². The minimum Gasteiger partial charge on any atom is -0.359 e. The van der Waals surface area contributed by atoms with Crippen LogP contribution in [0.25, 0.3) is 0 Å². The van der Waals surface area contributed by atoms with Gasteiger partial charge in [0.2, 0.25) is 0 Å². The predicted octanol–water partition coefficient (Wildman–Crippen LogP) is 4.58. The lowest BCUT2D eigenvalue weighted by molar-refractivity contribution is 0.261. The van der Waals surface area contributed by atoms with Crippen molar-refractivity contribution >= 4 is 0 Å². The van der Waals surface area contributed by atoms with Crippen LogP contribution in [0.2, 0.25) is 0 Å². The molecule has 1 aliphatic rings. The Balaban J connectivity index is 1.86. The highest BCUT2D eigenvalue weighted by atomic mass is 15.3. The molecule has 0 aromatic rings. The third-order valence-electron chi connectivity index (χ3n) is 3.66. The summed E-state index contributed by atoms with van der Waals surface area (Å²) in [6.45, 7) is 8.08. The standard InChI is InChI=1S/C16H32N2/c1-3-5-6-7-8-9-10-11-13-18-15-14-17(16-18)12-4-2/h14-15H,3-13,16H2,1-2H3. The van der Waals surface area contributed by atoms with Gasteiger partial charge in [-0.05, 0) is 12.8 Å². The summed E-state index contributed by atoms with van der Waals surface area (Å²) in [5.74, 6) is 0. The predicted molar refractivity (Wildman–Crippen MR) is 80.3 cm³/mol. The first-order chi connectivity index (χ1) is 8.86. The highest BCUT2D eigenvalue weighted by molar-refractivity contribution is 4.89. The largest absolute Gasteiger partial charge is 0.359 e. The van der Waals surface area contributed by atoms with Crippen molar-refractivity contribution in [1.29, 1.82) is 0 Å². The second-order valence-electron chi connectivity index (χ2n) is 5.54. The lowest BCUT2D eigenvalue weighted by Gasteiger charge is -2.20. The number of rotatable bonds is 11. The van der Waals surface area contributed by atoms with Gasteiger partial charge in [-0.1, -0.05) is 58.8 Å². The van der Waals surface area contributed by atoms with Crippen LogP contribution in [0.3, 0.4) is 0 Å². The summed E-state index contributed by atoms with van der Waals surface area (Å²) < 4.78 is 0. The summed E-state index contributed by atoms with van der Waals surface area (Å²) in [5, 5.41) is 0. The van der Waals surface area contributed by atoms with E-state index in [2.05, 4.69) is 36.0 Å². The monoisotopic (exact) mass is 252 g/mol. The van der Waals surface area contributed by atoms with Crippen molar-refractivity contribution in [3.8, 4) is 0 Å². The van der Waals surface area contributed by atoms with Gasteiger partial charge in [0.05, 0.1) is 6.67 Å². The number of hydrogen-bond acceptors (Lipinski definition) is 2. The molecule has 2 heteroatoms. The highest BCUT2D eigenvalue weighted by Gasteiger charge is 2.09. The van der Waals surface area contributed by atoms with E-state index in [0.717, 1.165) is 6.67 Å². The zero-order valence-corrected chi connectivity index (χ0v) is 12.5. The Kier molecular flexibility index (Phi) is 8.79. The summed E-state index contributed by atoms with van der Waals surface area (Å²) in [6.07, 6.45) is 17.1. The van der Waals surface area contributed by atoms with Gasteiger partial charge < -0.3 is 9.80 Å². The van der Waals surface area contributed by atoms with Gasteiger partial charge in [-0.25, -0.2) is 0 Å². The van der Waals surface area contributed by atoms with Crippen molar-refractivity contribution in [1.82, 2.24) is 9.80 Å². The van der Waals surface area contributed by atoms with Crippen molar-refractivity contribution in [3.63, 3.8) is 0 Å².